The molecule has 0 saturated heterocycles. The number of rotatable bonds is 6. The van der Waals surface area contributed by atoms with E-state index >= 15 is 0 Å². The number of nitrogens with two attached hydrogens (primary N) is 1. The largest absolute Gasteiger partial charge is 0.433 e. The first-order chi connectivity index (χ1) is 8.93. The monoisotopic (exact) mass is 328 g/mol. The molecule has 0 spiro atoms. The number of nitrogens with one attached hydrogen (secondary N) is 1. The Morgan fingerprint density at radius 2 is 2.15 bits per heavy atom. The summed E-state index contributed by atoms with van der Waals surface area (Å²) in [7, 11) is 0. The lowest BCUT2D eigenvalue weighted by atomic mass is 10.1. The maximum Gasteiger partial charge on any atom is 0.387 e. The smallest absolute Gasteiger partial charge is 0.387 e. The van der Waals surface area contributed by atoms with Crippen LogP contribution >= 0.6 is 24.0 Å². The molecule has 0 aromatic heterocycles. The first-order valence-corrected chi connectivity index (χ1v) is 6.12. The first kappa shape index (κ1) is 18.9. The average Bonchev–Trinajstić information content (AvgIpc) is 2.32. The van der Waals surface area contributed by atoms with E-state index in [4.69, 9.17) is 17.3 Å². The highest BCUT2D eigenvalue weighted by Crippen LogP contribution is 2.28. The van der Waals surface area contributed by atoms with Crippen LogP contribution in [0.15, 0.2) is 18.2 Å². The van der Waals surface area contributed by atoms with Crippen molar-refractivity contribution in [3.63, 3.8) is 0 Å². The summed E-state index contributed by atoms with van der Waals surface area (Å²) in [4.78, 5) is 11.6. The van der Waals surface area contributed by atoms with Crippen LogP contribution in [0.4, 0.5) is 14.5 Å². The van der Waals surface area contributed by atoms with Gasteiger partial charge < -0.3 is 15.8 Å². The molecule has 0 aliphatic heterocycles. The molecule has 114 valence electrons. The zero-order valence-electron chi connectivity index (χ0n) is 10.7. The van der Waals surface area contributed by atoms with E-state index in [0.717, 1.165) is 6.42 Å². The fourth-order valence-electron chi connectivity index (χ4n) is 1.45. The minimum Gasteiger partial charge on any atom is -0.433 e. The van der Waals surface area contributed by atoms with Crippen LogP contribution in [0.2, 0.25) is 5.02 Å². The average molecular weight is 329 g/mol. The van der Waals surface area contributed by atoms with Crippen LogP contribution < -0.4 is 15.8 Å². The van der Waals surface area contributed by atoms with Crippen molar-refractivity contribution in [2.75, 3.05) is 5.32 Å². The highest BCUT2D eigenvalue weighted by atomic mass is 35.5. The van der Waals surface area contributed by atoms with E-state index in [0.29, 0.717) is 12.1 Å². The van der Waals surface area contributed by atoms with Crippen LogP contribution in [0, 0.1) is 0 Å². The molecule has 20 heavy (non-hydrogen) atoms. The molecule has 0 heterocycles. The van der Waals surface area contributed by atoms with Gasteiger partial charge >= 0.3 is 6.61 Å². The van der Waals surface area contributed by atoms with Gasteiger partial charge in [-0.1, -0.05) is 24.9 Å². The predicted molar refractivity (Wildman–Crippen MR) is 76.8 cm³/mol. The van der Waals surface area contributed by atoms with Gasteiger partial charge in [-0.05, 0) is 24.6 Å². The second kappa shape index (κ2) is 8.94. The summed E-state index contributed by atoms with van der Waals surface area (Å²) in [5.74, 6) is -0.493. The molecule has 1 unspecified atom stereocenters. The summed E-state index contributed by atoms with van der Waals surface area (Å²) in [6.07, 6.45) is 1.35. The maximum atomic E-state index is 12.0. The molecule has 1 rings (SSSR count). The fourth-order valence-corrected chi connectivity index (χ4v) is 1.67. The van der Waals surface area contributed by atoms with Crippen molar-refractivity contribution in [1.82, 2.24) is 0 Å². The molecule has 0 aliphatic rings. The number of hydrogen-bond acceptors (Lipinski definition) is 3. The van der Waals surface area contributed by atoms with Gasteiger partial charge in [0.25, 0.3) is 0 Å². The van der Waals surface area contributed by atoms with Crippen LogP contribution in [0.5, 0.6) is 5.75 Å². The van der Waals surface area contributed by atoms with Gasteiger partial charge in [0.15, 0.2) is 0 Å². The Bertz CT molecular complexity index is 447. The van der Waals surface area contributed by atoms with Crippen molar-refractivity contribution in [3.05, 3.63) is 23.2 Å². The Balaban J connectivity index is 0.00000361. The van der Waals surface area contributed by atoms with E-state index in [1.54, 1.807) is 0 Å². The quantitative estimate of drug-likeness (QED) is 0.840. The van der Waals surface area contributed by atoms with Gasteiger partial charge in [0, 0.05) is 5.69 Å². The van der Waals surface area contributed by atoms with Crippen LogP contribution in [-0.4, -0.2) is 18.6 Å². The number of alkyl halides is 2. The number of carbonyl (C=O) groups is 1. The topological polar surface area (TPSA) is 64.4 Å². The second-order valence-electron chi connectivity index (χ2n) is 3.91. The minimum absolute atomic E-state index is 0. The molecule has 1 atom stereocenters. The summed E-state index contributed by atoms with van der Waals surface area (Å²) < 4.78 is 28.3. The SMILES string of the molecule is CCCC(N)C(=O)Nc1ccc(OC(F)F)c(Cl)c1.Cl. The molecule has 1 aromatic rings. The molecule has 0 fully saturated rings. The lowest BCUT2D eigenvalue weighted by Crippen LogP contribution is -2.35. The summed E-state index contributed by atoms with van der Waals surface area (Å²) >= 11 is 5.76. The van der Waals surface area contributed by atoms with E-state index in [1.165, 1.54) is 18.2 Å². The summed E-state index contributed by atoms with van der Waals surface area (Å²) in [5.41, 5.74) is 6.02. The highest BCUT2D eigenvalue weighted by Gasteiger charge is 2.14. The van der Waals surface area contributed by atoms with E-state index in [1.807, 2.05) is 6.92 Å². The van der Waals surface area contributed by atoms with Crippen molar-refractivity contribution in [3.8, 4) is 5.75 Å². The lowest BCUT2D eigenvalue weighted by molar-refractivity contribution is -0.117. The zero-order valence-corrected chi connectivity index (χ0v) is 12.3. The Kier molecular flexibility index (Phi) is 8.45. The third-order valence-corrected chi connectivity index (χ3v) is 2.65. The molecule has 0 saturated carbocycles. The number of benzene rings is 1. The van der Waals surface area contributed by atoms with Crippen molar-refractivity contribution in [2.45, 2.75) is 32.4 Å². The Hall–Kier alpha value is -1.11. The van der Waals surface area contributed by atoms with Crippen LogP contribution in [-0.2, 0) is 4.79 Å². The summed E-state index contributed by atoms with van der Waals surface area (Å²) in [5, 5.41) is 2.54. The normalized spacial score (nSPS) is 11.7. The van der Waals surface area contributed by atoms with E-state index in [-0.39, 0.29) is 29.1 Å². The van der Waals surface area contributed by atoms with Crippen molar-refractivity contribution in [2.24, 2.45) is 5.73 Å². The van der Waals surface area contributed by atoms with Crippen molar-refractivity contribution in [1.29, 1.82) is 0 Å². The fraction of sp³-hybridized carbons (Fsp3) is 0.417. The van der Waals surface area contributed by atoms with Gasteiger partial charge in [0.1, 0.15) is 5.75 Å². The lowest BCUT2D eigenvalue weighted by Gasteiger charge is -2.12. The summed E-state index contributed by atoms with van der Waals surface area (Å²) in [6.45, 7) is -1.03. The highest BCUT2D eigenvalue weighted by molar-refractivity contribution is 6.32. The van der Waals surface area contributed by atoms with Crippen LogP contribution in [0.25, 0.3) is 0 Å². The molecule has 1 amide bonds. The van der Waals surface area contributed by atoms with Gasteiger partial charge in [-0.25, -0.2) is 0 Å². The van der Waals surface area contributed by atoms with Gasteiger partial charge in [0.05, 0.1) is 11.1 Å². The van der Waals surface area contributed by atoms with Gasteiger partial charge in [0.2, 0.25) is 5.91 Å². The van der Waals surface area contributed by atoms with Gasteiger partial charge in [-0.3, -0.25) is 4.79 Å². The van der Waals surface area contributed by atoms with Crippen molar-refractivity contribution < 1.29 is 18.3 Å². The first-order valence-electron chi connectivity index (χ1n) is 5.74. The Morgan fingerprint density at radius 1 is 1.50 bits per heavy atom. The molecular formula is C12H16Cl2F2N2O2. The Labute approximate surface area is 127 Å². The molecule has 4 nitrogen and oxygen atoms in total. The minimum atomic E-state index is -2.95. The molecule has 0 radical (unpaired) electrons. The third-order valence-electron chi connectivity index (χ3n) is 2.35. The number of carbonyl (C=O) groups excluding carboxylic acids is 1. The third kappa shape index (κ3) is 5.90. The molecule has 0 bridgehead atoms. The predicted octanol–water partition coefficient (Wildman–Crippen LogP) is 3.43. The maximum absolute atomic E-state index is 12.0. The van der Waals surface area contributed by atoms with Gasteiger partial charge in [-0.2, -0.15) is 8.78 Å². The Morgan fingerprint density at radius 3 is 2.65 bits per heavy atom. The van der Waals surface area contributed by atoms with Crippen molar-refractivity contribution >= 4 is 35.6 Å². The summed E-state index contributed by atoms with van der Waals surface area (Å²) in [6, 6.07) is 3.39. The van der Waals surface area contributed by atoms with E-state index in [9.17, 15) is 13.6 Å². The number of hydrogen-bond donors (Lipinski definition) is 2. The molecule has 1 aromatic carbocycles. The number of amides is 1. The van der Waals surface area contributed by atoms with E-state index < -0.39 is 12.7 Å². The number of halogens is 4. The number of ether oxygens (including phenoxy) is 1. The van der Waals surface area contributed by atoms with Crippen LogP contribution in [0.1, 0.15) is 19.8 Å². The van der Waals surface area contributed by atoms with E-state index in [2.05, 4.69) is 10.1 Å². The molecule has 0 aliphatic carbocycles. The molecular weight excluding hydrogens is 313 g/mol. The molecule has 8 heteroatoms. The molecule has 3 N–H and O–H groups in total. The zero-order chi connectivity index (χ0) is 14.4. The standard InChI is InChI=1S/C12H15ClF2N2O2.ClH/c1-2-3-9(16)11(18)17-7-4-5-10(8(13)6-7)19-12(14)15;/h4-6,9,12H,2-3,16H2,1H3,(H,17,18);1H. The number of anilines is 1. The van der Waals surface area contributed by atoms with Gasteiger partial charge in [-0.15, -0.1) is 12.4 Å². The van der Waals surface area contributed by atoms with Crippen LogP contribution in [0.3, 0.4) is 0 Å². The second-order valence-corrected chi connectivity index (χ2v) is 4.32.